The fourth-order valence-electron chi connectivity index (χ4n) is 1.44. The molecule has 0 unspecified atom stereocenters. The third-order valence-electron chi connectivity index (χ3n) is 2.29. The number of carbonyl (C=O) groups is 1. The number of aromatic nitrogens is 2. The fourth-order valence-corrected chi connectivity index (χ4v) is 1.44. The Labute approximate surface area is 96.7 Å². The molecule has 0 amide bonds. The average molecular weight is 231 g/mol. The molecule has 0 aliphatic heterocycles. The molecule has 0 radical (unpaired) electrons. The van der Waals surface area contributed by atoms with E-state index in [-0.39, 0.29) is 5.82 Å². The SMILES string of the molecule is O=Cc1ccc(Cn2cnc([N+](=O)[O-])c2)cc1. The van der Waals surface area contributed by atoms with Crippen molar-refractivity contribution in [2.24, 2.45) is 0 Å². The lowest BCUT2D eigenvalue weighted by Crippen LogP contribution is -1.96. The van der Waals surface area contributed by atoms with Crippen LogP contribution in [0.3, 0.4) is 0 Å². The molecule has 0 saturated heterocycles. The zero-order chi connectivity index (χ0) is 12.3. The molecule has 1 heterocycles. The summed E-state index contributed by atoms with van der Waals surface area (Å²) in [5.74, 6) is -0.172. The second kappa shape index (κ2) is 4.56. The van der Waals surface area contributed by atoms with Gasteiger partial charge in [0.2, 0.25) is 6.33 Å². The molecule has 17 heavy (non-hydrogen) atoms. The number of nitrogens with zero attached hydrogens (tertiary/aromatic N) is 3. The third kappa shape index (κ3) is 2.54. The topological polar surface area (TPSA) is 78.0 Å². The van der Waals surface area contributed by atoms with E-state index in [9.17, 15) is 14.9 Å². The van der Waals surface area contributed by atoms with Crippen LogP contribution in [0.2, 0.25) is 0 Å². The van der Waals surface area contributed by atoms with Crippen molar-refractivity contribution in [1.29, 1.82) is 0 Å². The molecule has 1 aromatic carbocycles. The van der Waals surface area contributed by atoms with E-state index in [1.165, 1.54) is 12.5 Å². The molecule has 0 atom stereocenters. The quantitative estimate of drug-likeness (QED) is 0.455. The van der Waals surface area contributed by atoms with Crippen molar-refractivity contribution in [3.8, 4) is 0 Å². The maximum Gasteiger partial charge on any atom is 0.381 e. The highest BCUT2D eigenvalue weighted by atomic mass is 16.6. The van der Waals surface area contributed by atoms with Crippen LogP contribution < -0.4 is 0 Å². The minimum Gasteiger partial charge on any atom is -0.358 e. The first kappa shape index (κ1) is 11.0. The Morgan fingerprint density at radius 3 is 2.59 bits per heavy atom. The van der Waals surface area contributed by atoms with Gasteiger partial charge in [0.15, 0.2) is 0 Å². The summed E-state index contributed by atoms with van der Waals surface area (Å²) in [5, 5.41) is 10.4. The van der Waals surface area contributed by atoms with E-state index in [4.69, 9.17) is 0 Å². The first-order valence-corrected chi connectivity index (χ1v) is 4.89. The number of nitro groups is 1. The smallest absolute Gasteiger partial charge is 0.358 e. The first-order valence-electron chi connectivity index (χ1n) is 4.89. The number of benzene rings is 1. The molecule has 86 valence electrons. The first-order chi connectivity index (χ1) is 8.19. The second-order valence-corrected chi connectivity index (χ2v) is 3.52. The van der Waals surface area contributed by atoms with Gasteiger partial charge < -0.3 is 14.7 Å². The summed E-state index contributed by atoms with van der Waals surface area (Å²) >= 11 is 0. The van der Waals surface area contributed by atoms with E-state index < -0.39 is 4.92 Å². The van der Waals surface area contributed by atoms with Crippen molar-refractivity contribution >= 4 is 12.1 Å². The molecular weight excluding hydrogens is 222 g/mol. The van der Waals surface area contributed by atoms with E-state index in [0.717, 1.165) is 11.8 Å². The molecule has 0 N–H and O–H groups in total. The van der Waals surface area contributed by atoms with Crippen LogP contribution in [0.25, 0.3) is 0 Å². The molecule has 0 bridgehead atoms. The van der Waals surface area contributed by atoms with E-state index in [2.05, 4.69) is 4.98 Å². The minimum atomic E-state index is -0.536. The number of hydrogen-bond acceptors (Lipinski definition) is 4. The van der Waals surface area contributed by atoms with Gasteiger partial charge in [0, 0.05) is 5.56 Å². The standard InChI is InChI=1S/C11H9N3O3/c15-7-10-3-1-9(2-4-10)5-13-6-11(12-8-13)14(16)17/h1-4,6-8H,5H2. The average Bonchev–Trinajstić information content (AvgIpc) is 2.79. The maximum atomic E-state index is 10.5. The predicted octanol–water partition coefficient (Wildman–Crippen LogP) is 1.65. The fraction of sp³-hybridized carbons (Fsp3) is 0.0909. The molecule has 0 aliphatic rings. The van der Waals surface area contributed by atoms with Crippen LogP contribution in [0.5, 0.6) is 0 Å². The van der Waals surface area contributed by atoms with Crippen molar-refractivity contribution in [2.75, 3.05) is 0 Å². The zero-order valence-electron chi connectivity index (χ0n) is 8.81. The van der Waals surface area contributed by atoms with Gasteiger partial charge in [-0.15, -0.1) is 0 Å². The molecule has 6 nitrogen and oxygen atoms in total. The number of carbonyl (C=O) groups excluding carboxylic acids is 1. The molecule has 0 fully saturated rings. The Balaban J connectivity index is 2.13. The number of imidazole rings is 1. The molecule has 6 heteroatoms. The van der Waals surface area contributed by atoms with Crippen LogP contribution in [0, 0.1) is 10.1 Å². The lowest BCUT2D eigenvalue weighted by molar-refractivity contribution is -0.389. The summed E-state index contributed by atoms with van der Waals surface area (Å²) in [5.41, 5.74) is 1.55. The van der Waals surface area contributed by atoms with Crippen molar-refractivity contribution in [2.45, 2.75) is 6.54 Å². The summed E-state index contributed by atoms with van der Waals surface area (Å²) in [6.07, 6.45) is 3.55. The minimum absolute atomic E-state index is 0.172. The highest BCUT2D eigenvalue weighted by Crippen LogP contribution is 2.09. The molecular formula is C11H9N3O3. The summed E-state index contributed by atoms with van der Waals surface area (Å²) in [7, 11) is 0. The third-order valence-corrected chi connectivity index (χ3v) is 2.29. The Bertz CT molecular complexity index is 545. The van der Waals surface area contributed by atoms with Gasteiger partial charge in [-0.3, -0.25) is 4.79 Å². The van der Waals surface area contributed by atoms with E-state index in [1.54, 1.807) is 28.8 Å². The van der Waals surface area contributed by atoms with Gasteiger partial charge in [-0.25, -0.2) is 0 Å². The van der Waals surface area contributed by atoms with Gasteiger partial charge >= 0.3 is 5.82 Å². The zero-order valence-corrected chi connectivity index (χ0v) is 8.81. The highest BCUT2D eigenvalue weighted by molar-refractivity contribution is 5.74. The Morgan fingerprint density at radius 2 is 2.06 bits per heavy atom. The van der Waals surface area contributed by atoms with Crippen LogP contribution in [0.1, 0.15) is 15.9 Å². The number of hydrogen-bond donors (Lipinski definition) is 0. The van der Waals surface area contributed by atoms with Crippen molar-refractivity contribution in [1.82, 2.24) is 9.55 Å². The molecule has 1 aromatic heterocycles. The monoisotopic (exact) mass is 231 g/mol. The van der Waals surface area contributed by atoms with E-state index in [1.807, 2.05) is 0 Å². The molecule has 2 rings (SSSR count). The number of aldehydes is 1. The largest absolute Gasteiger partial charge is 0.381 e. The Kier molecular flexibility index (Phi) is 2.95. The second-order valence-electron chi connectivity index (χ2n) is 3.52. The molecule has 0 aliphatic carbocycles. The van der Waals surface area contributed by atoms with Crippen molar-refractivity contribution in [3.63, 3.8) is 0 Å². The van der Waals surface area contributed by atoms with Gasteiger partial charge in [-0.05, 0) is 15.5 Å². The van der Waals surface area contributed by atoms with E-state index in [0.29, 0.717) is 12.1 Å². The Morgan fingerprint density at radius 1 is 1.35 bits per heavy atom. The normalized spacial score (nSPS) is 10.1. The summed E-state index contributed by atoms with van der Waals surface area (Å²) in [6.45, 7) is 0.486. The van der Waals surface area contributed by atoms with Gasteiger partial charge in [-0.1, -0.05) is 24.3 Å². The van der Waals surface area contributed by atoms with Crippen LogP contribution in [0.15, 0.2) is 36.8 Å². The molecule has 0 spiro atoms. The predicted molar refractivity (Wildman–Crippen MR) is 59.8 cm³/mol. The van der Waals surface area contributed by atoms with Crippen LogP contribution in [-0.4, -0.2) is 20.8 Å². The highest BCUT2D eigenvalue weighted by Gasteiger charge is 2.09. The Hall–Kier alpha value is -2.50. The van der Waals surface area contributed by atoms with Crippen molar-refractivity contribution in [3.05, 3.63) is 58.0 Å². The number of rotatable bonds is 4. The van der Waals surface area contributed by atoms with Gasteiger partial charge in [0.1, 0.15) is 12.5 Å². The lowest BCUT2D eigenvalue weighted by Gasteiger charge is -2.00. The summed E-state index contributed by atoms with van der Waals surface area (Å²) in [4.78, 5) is 24.0. The molecule has 2 aromatic rings. The maximum absolute atomic E-state index is 10.5. The van der Waals surface area contributed by atoms with Gasteiger partial charge in [0.25, 0.3) is 0 Å². The summed E-state index contributed by atoms with van der Waals surface area (Å²) in [6, 6.07) is 7.01. The van der Waals surface area contributed by atoms with Crippen LogP contribution in [0.4, 0.5) is 5.82 Å². The summed E-state index contributed by atoms with van der Waals surface area (Å²) < 4.78 is 1.62. The van der Waals surface area contributed by atoms with Gasteiger partial charge in [-0.2, -0.15) is 0 Å². The van der Waals surface area contributed by atoms with Crippen molar-refractivity contribution < 1.29 is 9.72 Å². The lowest BCUT2D eigenvalue weighted by atomic mass is 10.1. The van der Waals surface area contributed by atoms with E-state index >= 15 is 0 Å². The van der Waals surface area contributed by atoms with Crippen LogP contribution in [-0.2, 0) is 6.54 Å². The molecule has 0 saturated carbocycles. The van der Waals surface area contributed by atoms with Gasteiger partial charge in [0.05, 0.1) is 6.54 Å². The van der Waals surface area contributed by atoms with Crippen LogP contribution >= 0.6 is 0 Å².